The van der Waals surface area contributed by atoms with E-state index in [-0.39, 0.29) is 0 Å². The third-order valence-corrected chi connectivity index (χ3v) is 5.54. The van der Waals surface area contributed by atoms with Crippen LogP contribution in [-0.2, 0) is 13.1 Å². The van der Waals surface area contributed by atoms with Gasteiger partial charge >= 0.3 is 0 Å². The van der Waals surface area contributed by atoms with Gasteiger partial charge in [0, 0.05) is 18.2 Å². The Bertz CT molecular complexity index is 1150. The number of aromatic nitrogens is 3. The summed E-state index contributed by atoms with van der Waals surface area (Å²) >= 11 is 0. The van der Waals surface area contributed by atoms with E-state index < -0.39 is 0 Å². The smallest absolute Gasteiger partial charge is 0.253 e. The van der Waals surface area contributed by atoms with Crippen molar-refractivity contribution in [2.75, 3.05) is 7.11 Å². The molecule has 0 spiro atoms. The summed E-state index contributed by atoms with van der Waals surface area (Å²) in [6.45, 7) is 3.29. The van der Waals surface area contributed by atoms with Crippen molar-refractivity contribution in [3.8, 4) is 28.5 Å². The normalized spacial score (nSPS) is 13.6. The number of nitrogens with zero attached hydrogens (tertiary/aromatic N) is 4. The quantitative estimate of drug-likeness (QED) is 0.405. The highest BCUT2D eigenvalue weighted by Gasteiger charge is 2.31. The molecule has 31 heavy (non-hydrogen) atoms. The molecule has 2 aromatic heterocycles. The first-order valence-corrected chi connectivity index (χ1v) is 10.4. The molecule has 0 N–H and O–H groups in total. The van der Waals surface area contributed by atoms with Crippen molar-refractivity contribution < 1.29 is 13.7 Å². The molecule has 1 aliphatic rings. The molecule has 0 bridgehead atoms. The van der Waals surface area contributed by atoms with Crippen molar-refractivity contribution in [2.24, 2.45) is 0 Å². The molecular formula is C24H24N4O3. The predicted molar refractivity (Wildman–Crippen MR) is 115 cm³/mol. The van der Waals surface area contributed by atoms with Gasteiger partial charge in [-0.05, 0) is 37.5 Å². The second-order valence-electron chi connectivity index (χ2n) is 7.81. The van der Waals surface area contributed by atoms with Crippen LogP contribution < -0.4 is 4.74 Å². The van der Waals surface area contributed by atoms with E-state index in [1.54, 1.807) is 7.11 Å². The molecule has 4 aromatic rings. The first-order valence-electron chi connectivity index (χ1n) is 10.4. The summed E-state index contributed by atoms with van der Waals surface area (Å²) in [7, 11) is 1.68. The van der Waals surface area contributed by atoms with E-state index in [4.69, 9.17) is 13.7 Å². The summed E-state index contributed by atoms with van der Waals surface area (Å²) in [5.41, 5.74) is 3.64. The average Bonchev–Trinajstić information content (AvgIpc) is 3.44. The van der Waals surface area contributed by atoms with Crippen LogP contribution in [0, 0.1) is 6.92 Å². The number of hydrogen-bond donors (Lipinski definition) is 0. The fourth-order valence-electron chi connectivity index (χ4n) is 3.73. The Morgan fingerprint density at radius 3 is 2.48 bits per heavy atom. The monoisotopic (exact) mass is 416 g/mol. The topological polar surface area (TPSA) is 77.4 Å². The lowest BCUT2D eigenvalue weighted by molar-refractivity contribution is 0.221. The zero-order valence-corrected chi connectivity index (χ0v) is 17.6. The lowest BCUT2D eigenvalue weighted by atomic mass is 10.1. The van der Waals surface area contributed by atoms with Gasteiger partial charge in [-0.15, -0.1) is 10.2 Å². The highest BCUT2D eigenvalue weighted by atomic mass is 16.5. The third-order valence-electron chi connectivity index (χ3n) is 5.54. The van der Waals surface area contributed by atoms with Gasteiger partial charge in [0.25, 0.3) is 5.89 Å². The maximum absolute atomic E-state index is 6.07. The third kappa shape index (κ3) is 4.22. The Kier molecular flexibility index (Phi) is 5.26. The molecule has 2 aromatic carbocycles. The largest absolute Gasteiger partial charge is 0.497 e. The van der Waals surface area contributed by atoms with Crippen molar-refractivity contribution in [3.63, 3.8) is 0 Å². The molecule has 1 saturated carbocycles. The van der Waals surface area contributed by atoms with Gasteiger partial charge in [0.15, 0.2) is 0 Å². The molecule has 0 amide bonds. The SMILES string of the molecule is COc1ccc(CN(Cc2nnc(-c3c(-c4ccccc4)noc3C)o2)C2CC2)cc1. The van der Waals surface area contributed by atoms with E-state index in [1.165, 1.54) is 18.4 Å². The van der Waals surface area contributed by atoms with E-state index in [1.807, 2.05) is 49.4 Å². The Morgan fingerprint density at radius 2 is 1.77 bits per heavy atom. The van der Waals surface area contributed by atoms with Gasteiger partial charge in [0.05, 0.1) is 13.7 Å². The molecule has 5 rings (SSSR count). The van der Waals surface area contributed by atoms with E-state index in [0.29, 0.717) is 35.8 Å². The van der Waals surface area contributed by atoms with Crippen LogP contribution in [0.25, 0.3) is 22.7 Å². The molecule has 158 valence electrons. The van der Waals surface area contributed by atoms with Crippen LogP contribution in [0.5, 0.6) is 5.75 Å². The molecule has 0 atom stereocenters. The molecule has 2 heterocycles. The minimum absolute atomic E-state index is 0.438. The van der Waals surface area contributed by atoms with Crippen LogP contribution in [0.15, 0.2) is 63.5 Å². The summed E-state index contributed by atoms with van der Waals surface area (Å²) < 4.78 is 16.8. The van der Waals surface area contributed by atoms with Gasteiger partial charge in [0.1, 0.15) is 22.8 Å². The van der Waals surface area contributed by atoms with Crippen LogP contribution in [0.3, 0.4) is 0 Å². The second kappa shape index (κ2) is 8.35. The molecule has 0 radical (unpaired) electrons. The van der Waals surface area contributed by atoms with Gasteiger partial charge in [-0.3, -0.25) is 4.90 Å². The number of aryl methyl sites for hydroxylation is 1. The van der Waals surface area contributed by atoms with E-state index in [9.17, 15) is 0 Å². The van der Waals surface area contributed by atoms with Gasteiger partial charge in [-0.2, -0.15) is 0 Å². The average molecular weight is 416 g/mol. The van der Waals surface area contributed by atoms with Crippen LogP contribution in [0.1, 0.15) is 30.1 Å². The summed E-state index contributed by atoms with van der Waals surface area (Å²) in [4.78, 5) is 2.39. The Morgan fingerprint density at radius 1 is 1.00 bits per heavy atom. The molecule has 0 unspecified atom stereocenters. The molecular weight excluding hydrogens is 392 g/mol. The van der Waals surface area contributed by atoms with E-state index >= 15 is 0 Å². The van der Waals surface area contributed by atoms with Gasteiger partial charge in [0.2, 0.25) is 5.89 Å². The van der Waals surface area contributed by atoms with E-state index in [2.05, 4.69) is 32.4 Å². The number of rotatable bonds is 8. The number of methoxy groups -OCH3 is 1. The van der Waals surface area contributed by atoms with Gasteiger partial charge in [-0.1, -0.05) is 47.6 Å². The van der Waals surface area contributed by atoms with Crippen LogP contribution in [-0.4, -0.2) is 33.4 Å². The Hall–Kier alpha value is -3.45. The molecule has 7 nitrogen and oxygen atoms in total. The van der Waals surface area contributed by atoms with Gasteiger partial charge in [-0.25, -0.2) is 0 Å². The minimum atomic E-state index is 0.438. The standard InChI is InChI=1S/C24H24N4O3/c1-16-22(23(27-31-16)18-6-4-3-5-7-18)24-26-25-21(30-24)15-28(19-10-11-19)14-17-8-12-20(29-2)13-9-17/h3-9,12-13,19H,10-11,14-15H2,1-2H3. The highest BCUT2D eigenvalue weighted by molar-refractivity contribution is 5.77. The maximum Gasteiger partial charge on any atom is 0.253 e. The van der Waals surface area contributed by atoms with Crippen molar-refractivity contribution in [2.45, 2.75) is 38.9 Å². The molecule has 1 aliphatic carbocycles. The van der Waals surface area contributed by atoms with Gasteiger partial charge < -0.3 is 13.7 Å². The summed E-state index contributed by atoms with van der Waals surface area (Å²) in [6, 6.07) is 18.6. The highest BCUT2D eigenvalue weighted by Crippen LogP contribution is 2.34. The fraction of sp³-hybridized carbons (Fsp3) is 0.292. The van der Waals surface area contributed by atoms with Crippen LogP contribution in [0.2, 0.25) is 0 Å². The molecule has 0 saturated heterocycles. The molecule has 7 heteroatoms. The summed E-state index contributed by atoms with van der Waals surface area (Å²) in [6.07, 6.45) is 2.39. The molecule has 1 fully saturated rings. The van der Waals surface area contributed by atoms with Crippen LogP contribution in [0.4, 0.5) is 0 Å². The zero-order valence-electron chi connectivity index (χ0n) is 17.6. The van der Waals surface area contributed by atoms with Crippen molar-refractivity contribution in [3.05, 3.63) is 71.8 Å². The summed E-state index contributed by atoms with van der Waals surface area (Å²) in [5, 5.41) is 12.8. The Balaban J connectivity index is 1.36. The van der Waals surface area contributed by atoms with E-state index in [0.717, 1.165) is 23.4 Å². The lowest BCUT2D eigenvalue weighted by Crippen LogP contribution is -2.25. The predicted octanol–water partition coefficient (Wildman–Crippen LogP) is 4.87. The first-order chi connectivity index (χ1) is 15.2. The number of hydrogen-bond acceptors (Lipinski definition) is 7. The first kappa shape index (κ1) is 19.5. The second-order valence-corrected chi connectivity index (χ2v) is 7.81. The zero-order chi connectivity index (χ0) is 21.2. The lowest BCUT2D eigenvalue weighted by Gasteiger charge is -2.20. The number of ether oxygens (including phenoxy) is 1. The van der Waals surface area contributed by atoms with Crippen molar-refractivity contribution in [1.29, 1.82) is 0 Å². The fourth-order valence-corrected chi connectivity index (χ4v) is 3.73. The number of benzene rings is 2. The minimum Gasteiger partial charge on any atom is -0.497 e. The van der Waals surface area contributed by atoms with Crippen molar-refractivity contribution >= 4 is 0 Å². The van der Waals surface area contributed by atoms with Crippen molar-refractivity contribution in [1.82, 2.24) is 20.3 Å². The maximum atomic E-state index is 6.07. The van der Waals surface area contributed by atoms with Crippen LogP contribution >= 0.6 is 0 Å². The summed E-state index contributed by atoms with van der Waals surface area (Å²) in [5.74, 6) is 2.55. The Labute approximate surface area is 180 Å². The molecule has 0 aliphatic heterocycles.